The molecule has 0 atom stereocenters. The largest absolute Gasteiger partial charge is 0.395 e. The van der Waals surface area contributed by atoms with Crippen LogP contribution in [0, 0.1) is 0 Å². The lowest BCUT2D eigenvalue weighted by atomic mass is 10.1. The van der Waals surface area contributed by atoms with Gasteiger partial charge in [-0.15, -0.1) is 0 Å². The zero-order valence-electron chi connectivity index (χ0n) is 13.4. The smallest absolute Gasteiger partial charge is 0.0637 e. The van der Waals surface area contributed by atoms with E-state index in [-0.39, 0.29) is 12.1 Å². The number of nitrogens with one attached hydrogen (secondary N) is 1. The van der Waals surface area contributed by atoms with Gasteiger partial charge >= 0.3 is 0 Å². The third-order valence-corrected chi connectivity index (χ3v) is 3.75. The van der Waals surface area contributed by atoms with E-state index in [1.807, 2.05) is 0 Å². The molecule has 0 spiro atoms. The second-order valence-corrected chi connectivity index (χ2v) is 6.95. The first-order chi connectivity index (χ1) is 9.87. The van der Waals surface area contributed by atoms with Gasteiger partial charge in [0.2, 0.25) is 0 Å². The minimum Gasteiger partial charge on any atom is -0.395 e. The van der Waals surface area contributed by atoms with Gasteiger partial charge in [-0.05, 0) is 54.4 Å². The van der Waals surface area contributed by atoms with E-state index < -0.39 is 0 Å². The van der Waals surface area contributed by atoms with Crippen molar-refractivity contribution in [2.45, 2.75) is 32.9 Å². The van der Waals surface area contributed by atoms with Gasteiger partial charge in [0.05, 0.1) is 18.9 Å². The third-order valence-electron chi connectivity index (χ3n) is 3.11. The van der Waals surface area contributed by atoms with Crippen LogP contribution in [0.15, 0.2) is 22.7 Å². The molecule has 0 fully saturated rings. The number of anilines is 1. The molecule has 1 aromatic carbocycles. The first kappa shape index (κ1) is 18.4. The molecule has 5 heteroatoms. The van der Waals surface area contributed by atoms with Crippen molar-refractivity contribution in [1.29, 1.82) is 0 Å². The molecule has 0 aliphatic carbocycles. The van der Waals surface area contributed by atoms with Gasteiger partial charge in [-0.2, -0.15) is 0 Å². The fourth-order valence-electron chi connectivity index (χ4n) is 1.96. The van der Waals surface area contributed by atoms with Crippen molar-refractivity contribution in [1.82, 2.24) is 5.32 Å². The second kappa shape index (κ2) is 8.73. The van der Waals surface area contributed by atoms with Gasteiger partial charge in [-0.3, -0.25) is 0 Å². The molecule has 0 aliphatic rings. The van der Waals surface area contributed by atoms with Crippen molar-refractivity contribution < 1.29 is 9.84 Å². The minimum absolute atomic E-state index is 0.104. The van der Waals surface area contributed by atoms with E-state index >= 15 is 0 Å². The number of hydrogen-bond acceptors (Lipinski definition) is 4. The maximum Gasteiger partial charge on any atom is 0.0637 e. The van der Waals surface area contributed by atoms with E-state index in [9.17, 15) is 5.11 Å². The molecule has 0 radical (unpaired) electrons. The maximum atomic E-state index is 9.21. The van der Waals surface area contributed by atoms with Crippen LogP contribution in [0.3, 0.4) is 0 Å². The molecular weight excluding hydrogens is 332 g/mol. The molecule has 0 saturated heterocycles. The molecule has 2 N–H and O–H groups in total. The van der Waals surface area contributed by atoms with Crippen LogP contribution in [0.5, 0.6) is 0 Å². The predicted molar refractivity (Wildman–Crippen MR) is 91.9 cm³/mol. The Morgan fingerprint density at radius 3 is 2.52 bits per heavy atom. The first-order valence-electron chi connectivity index (χ1n) is 7.25. The Kier molecular flexibility index (Phi) is 7.66. The van der Waals surface area contributed by atoms with E-state index in [2.05, 4.69) is 65.1 Å². The minimum atomic E-state index is 0.104. The highest BCUT2D eigenvalue weighted by molar-refractivity contribution is 9.10. The standard InChI is InChI=1S/C16H27BrN2O2/c1-16(2,3)18-12-13-5-6-15(14(17)11-13)19(7-9-20)8-10-21-4/h5-6,11,18,20H,7-10,12H2,1-4H3. The Labute approximate surface area is 136 Å². The molecule has 0 saturated carbocycles. The summed E-state index contributed by atoms with van der Waals surface area (Å²) in [6.07, 6.45) is 0. The Hall–Kier alpha value is -0.620. The van der Waals surface area contributed by atoms with Crippen LogP contribution in [-0.2, 0) is 11.3 Å². The zero-order chi connectivity index (χ0) is 15.9. The van der Waals surface area contributed by atoms with Crippen molar-refractivity contribution in [2.75, 3.05) is 38.3 Å². The molecule has 1 aromatic rings. The molecule has 120 valence electrons. The first-order valence-corrected chi connectivity index (χ1v) is 8.05. The van der Waals surface area contributed by atoms with Crippen LogP contribution in [0.2, 0.25) is 0 Å². The lowest BCUT2D eigenvalue weighted by Crippen LogP contribution is -2.35. The highest BCUT2D eigenvalue weighted by atomic mass is 79.9. The van der Waals surface area contributed by atoms with Crippen molar-refractivity contribution in [3.8, 4) is 0 Å². The maximum absolute atomic E-state index is 9.21. The van der Waals surface area contributed by atoms with Gasteiger partial charge in [0, 0.05) is 36.8 Å². The Bertz CT molecular complexity index is 433. The normalized spacial score (nSPS) is 11.7. The molecule has 0 unspecified atom stereocenters. The summed E-state index contributed by atoms with van der Waals surface area (Å²) < 4.78 is 6.17. The van der Waals surface area contributed by atoms with E-state index in [0.29, 0.717) is 13.2 Å². The SMILES string of the molecule is COCCN(CCO)c1ccc(CNC(C)(C)C)cc1Br. The summed E-state index contributed by atoms with van der Waals surface area (Å²) in [7, 11) is 1.69. The number of rotatable bonds is 8. The number of halogens is 1. The zero-order valence-corrected chi connectivity index (χ0v) is 15.0. The second-order valence-electron chi connectivity index (χ2n) is 6.09. The Balaban J connectivity index is 2.79. The van der Waals surface area contributed by atoms with Gasteiger partial charge in [0.25, 0.3) is 0 Å². The van der Waals surface area contributed by atoms with Crippen LogP contribution in [0.1, 0.15) is 26.3 Å². The van der Waals surface area contributed by atoms with Crippen LogP contribution < -0.4 is 10.2 Å². The summed E-state index contributed by atoms with van der Waals surface area (Å²) in [6, 6.07) is 6.34. The predicted octanol–water partition coefficient (Wildman–Crippen LogP) is 2.78. The van der Waals surface area contributed by atoms with Crippen molar-refractivity contribution in [3.63, 3.8) is 0 Å². The fraction of sp³-hybridized carbons (Fsp3) is 0.625. The average molecular weight is 359 g/mol. The van der Waals surface area contributed by atoms with Gasteiger partial charge in [0.15, 0.2) is 0 Å². The van der Waals surface area contributed by atoms with Crippen LogP contribution in [0.4, 0.5) is 5.69 Å². The molecular formula is C16H27BrN2O2. The van der Waals surface area contributed by atoms with Crippen molar-refractivity contribution >= 4 is 21.6 Å². The van der Waals surface area contributed by atoms with Crippen molar-refractivity contribution in [2.24, 2.45) is 0 Å². The average Bonchev–Trinajstić information content (AvgIpc) is 2.41. The number of ether oxygens (including phenoxy) is 1. The summed E-state index contributed by atoms with van der Waals surface area (Å²) in [5.41, 5.74) is 2.42. The summed E-state index contributed by atoms with van der Waals surface area (Å²) in [5, 5.41) is 12.7. The lowest BCUT2D eigenvalue weighted by molar-refractivity contribution is 0.203. The summed E-state index contributed by atoms with van der Waals surface area (Å²) >= 11 is 3.64. The summed E-state index contributed by atoms with van der Waals surface area (Å²) in [5.74, 6) is 0. The Morgan fingerprint density at radius 1 is 1.29 bits per heavy atom. The number of nitrogens with zero attached hydrogens (tertiary/aromatic N) is 1. The Morgan fingerprint density at radius 2 is 2.00 bits per heavy atom. The lowest BCUT2D eigenvalue weighted by Gasteiger charge is -2.26. The number of aliphatic hydroxyl groups excluding tert-OH is 1. The van der Waals surface area contributed by atoms with E-state index in [1.54, 1.807) is 7.11 Å². The highest BCUT2D eigenvalue weighted by Gasteiger charge is 2.12. The van der Waals surface area contributed by atoms with Crippen LogP contribution >= 0.6 is 15.9 Å². The van der Waals surface area contributed by atoms with Gasteiger partial charge in [-0.25, -0.2) is 0 Å². The number of methoxy groups -OCH3 is 1. The number of benzene rings is 1. The monoisotopic (exact) mass is 358 g/mol. The van der Waals surface area contributed by atoms with E-state index in [0.717, 1.165) is 23.2 Å². The fourth-order valence-corrected chi connectivity index (χ4v) is 2.64. The van der Waals surface area contributed by atoms with Gasteiger partial charge in [-0.1, -0.05) is 6.07 Å². The molecule has 1 rings (SSSR count). The molecule has 0 bridgehead atoms. The van der Waals surface area contributed by atoms with Crippen LogP contribution in [0.25, 0.3) is 0 Å². The molecule has 0 amide bonds. The third kappa shape index (κ3) is 6.78. The van der Waals surface area contributed by atoms with Gasteiger partial charge < -0.3 is 20.1 Å². The highest BCUT2D eigenvalue weighted by Crippen LogP contribution is 2.27. The van der Waals surface area contributed by atoms with Crippen molar-refractivity contribution in [3.05, 3.63) is 28.2 Å². The van der Waals surface area contributed by atoms with Crippen LogP contribution in [-0.4, -0.2) is 44.1 Å². The molecule has 0 aliphatic heterocycles. The van der Waals surface area contributed by atoms with E-state index in [4.69, 9.17) is 4.74 Å². The quantitative estimate of drug-likeness (QED) is 0.749. The molecule has 21 heavy (non-hydrogen) atoms. The molecule has 0 heterocycles. The number of aliphatic hydroxyl groups is 1. The summed E-state index contributed by atoms with van der Waals surface area (Å²) in [4.78, 5) is 2.12. The van der Waals surface area contributed by atoms with E-state index in [1.165, 1.54) is 5.56 Å². The topological polar surface area (TPSA) is 44.7 Å². The van der Waals surface area contributed by atoms with Gasteiger partial charge in [0.1, 0.15) is 0 Å². The molecule has 4 nitrogen and oxygen atoms in total. The summed E-state index contributed by atoms with van der Waals surface area (Å²) in [6.45, 7) is 9.43. The number of hydrogen-bond donors (Lipinski definition) is 2. The molecule has 0 aromatic heterocycles.